The van der Waals surface area contributed by atoms with Crippen LogP contribution in [0.15, 0.2) is 29.2 Å². The number of rotatable bonds is 3. The molecule has 1 saturated heterocycles. The Hall–Kier alpha value is -2.12. The molecule has 0 spiro atoms. The molecule has 28 heavy (non-hydrogen) atoms. The highest BCUT2D eigenvalue weighted by Gasteiger charge is 2.45. The first-order chi connectivity index (χ1) is 13.1. The van der Waals surface area contributed by atoms with Crippen molar-refractivity contribution < 1.29 is 26.4 Å². The van der Waals surface area contributed by atoms with E-state index in [1.165, 1.54) is 4.90 Å². The van der Waals surface area contributed by atoms with Gasteiger partial charge in [0.05, 0.1) is 16.5 Å². The molecule has 3 rings (SSSR count). The van der Waals surface area contributed by atoms with Gasteiger partial charge in [0.15, 0.2) is 0 Å². The van der Waals surface area contributed by atoms with Gasteiger partial charge in [0.25, 0.3) is 0 Å². The summed E-state index contributed by atoms with van der Waals surface area (Å²) in [6.07, 6.45) is -1.85. The number of nitrogens with zero attached hydrogens (tertiary/aromatic N) is 3. The predicted octanol–water partition coefficient (Wildman–Crippen LogP) is 2.62. The van der Waals surface area contributed by atoms with Crippen molar-refractivity contribution in [1.82, 2.24) is 9.21 Å². The smallest absolute Gasteiger partial charge is 0.339 e. The highest BCUT2D eigenvalue weighted by molar-refractivity contribution is 7.89. The van der Waals surface area contributed by atoms with Crippen LogP contribution in [0, 0.1) is 16.7 Å². The first-order valence-electron chi connectivity index (χ1n) is 8.98. The number of amides is 1. The Morgan fingerprint density at radius 1 is 1.04 bits per heavy atom. The van der Waals surface area contributed by atoms with Crippen LogP contribution in [0.2, 0.25) is 0 Å². The lowest BCUT2D eigenvalue weighted by Crippen LogP contribution is -2.53. The summed E-state index contributed by atoms with van der Waals surface area (Å²) in [4.78, 5) is 14.0. The van der Waals surface area contributed by atoms with Crippen molar-refractivity contribution in [3.63, 3.8) is 0 Å². The van der Waals surface area contributed by atoms with Gasteiger partial charge in [-0.1, -0.05) is 12.8 Å². The predicted molar refractivity (Wildman–Crippen MR) is 93.3 cm³/mol. The van der Waals surface area contributed by atoms with Crippen LogP contribution in [-0.4, -0.2) is 49.7 Å². The Morgan fingerprint density at radius 2 is 1.57 bits per heavy atom. The number of sulfonamides is 1. The van der Waals surface area contributed by atoms with E-state index < -0.39 is 27.2 Å². The van der Waals surface area contributed by atoms with Gasteiger partial charge in [-0.25, -0.2) is 8.42 Å². The van der Waals surface area contributed by atoms with Gasteiger partial charge in [-0.15, -0.1) is 0 Å². The van der Waals surface area contributed by atoms with E-state index in [1.54, 1.807) is 0 Å². The second-order valence-electron chi connectivity index (χ2n) is 7.12. The Balaban J connectivity index is 1.68. The van der Waals surface area contributed by atoms with Crippen LogP contribution in [0.5, 0.6) is 0 Å². The maximum Gasteiger partial charge on any atom is 0.416 e. The first kappa shape index (κ1) is 20.6. The number of alkyl halides is 3. The summed E-state index contributed by atoms with van der Waals surface area (Å²) in [5.74, 6) is -0.251. The van der Waals surface area contributed by atoms with Crippen molar-refractivity contribution >= 4 is 15.9 Å². The zero-order chi connectivity index (χ0) is 20.6. The Kier molecular flexibility index (Phi) is 5.42. The van der Waals surface area contributed by atoms with Gasteiger partial charge in [0.1, 0.15) is 5.41 Å². The molecular weight excluding hydrogens is 395 g/mol. The standard InChI is InChI=1S/C18H20F3N3O3S/c19-18(20,21)14-3-5-15(6-4-14)28(26,27)24-11-9-23(10-12-24)16(25)17(13-22)7-1-2-8-17/h3-6H,1-2,7-12H2. The molecule has 2 aliphatic rings. The molecule has 1 amide bonds. The van der Waals surface area contributed by atoms with E-state index in [9.17, 15) is 31.6 Å². The molecule has 0 bridgehead atoms. The summed E-state index contributed by atoms with van der Waals surface area (Å²) in [7, 11) is -3.95. The lowest BCUT2D eigenvalue weighted by molar-refractivity contribution is -0.140. The van der Waals surface area contributed by atoms with Gasteiger partial charge < -0.3 is 4.90 Å². The molecule has 0 N–H and O–H groups in total. The lowest BCUT2D eigenvalue weighted by atomic mass is 9.86. The Bertz CT molecular complexity index is 877. The monoisotopic (exact) mass is 415 g/mol. The largest absolute Gasteiger partial charge is 0.416 e. The molecule has 1 heterocycles. The van der Waals surface area contributed by atoms with Crippen molar-refractivity contribution in [1.29, 1.82) is 5.26 Å². The molecule has 1 aliphatic carbocycles. The van der Waals surface area contributed by atoms with E-state index in [2.05, 4.69) is 6.07 Å². The molecule has 152 valence electrons. The van der Waals surface area contributed by atoms with Crippen LogP contribution in [0.25, 0.3) is 0 Å². The topological polar surface area (TPSA) is 81.5 Å². The number of benzene rings is 1. The molecule has 0 atom stereocenters. The molecular formula is C18H20F3N3O3S. The molecule has 0 aromatic heterocycles. The second kappa shape index (κ2) is 7.37. The van der Waals surface area contributed by atoms with Crippen LogP contribution >= 0.6 is 0 Å². The second-order valence-corrected chi connectivity index (χ2v) is 9.06. The highest BCUT2D eigenvalue weighted by Crippen LogP contribution is 2.39. The normalized spacial score (nSPS) is 20.7. The molecule has 0 radical (unpaired) electrons. The van der Waals surface area contributed by atoms with Crippen molar-refractivity contribution in [2.45, 2.75) is 36.8 Å². The van der Waals surface area contributed by atoms with Crippen LogP contribution in [-0.2, 0) is 21.0 Å². The van der Waals surface area contributed by atoms with Gasteiger partial charge in [-0.05, 0) is 37.1 Å². The van der Waals surface area contributed by atoms with Gasteiger partial charge in [0.2, 0.25) is 15.9 Å². The van der Waals surface area contributed by atoms with Crippen molar-refractivity contribution in [3.8, 4) is 6.07 Å². The highest BCUT2D eigenvalue weighted by atomic mass is 32.2. The number of piperazine rings is 1. The SMILES string of the molecule is N#CC1(C(=O)N2CCN(S(=O)(=O)c3ccc(C(F)(F)F)cc3)CC2)CCCC1. The van der Waals surface area contributed by atoms with E-state index in [4.69, 9.17) is 0 Å². The van der Waals surface area contributed by atoms with Crippen LogP contribution in [0.3, 0.4) is 0 Å². The summed E-state index contributed by atoms with van der Waals surface area (Å²) in [5.41, 5.74) is -1.92. The summed E-state index contributed by atoms with van der Waals surface area (Å²) >= 11 is 0. The summed E-state index contributed by atoms with van der Waals surface area (Å²) < 4.78 is 64.5. The lowest BCUT2D eigenvalue weighted by Gasteiger charge is -2.37. The van der Waals surface area contributed by atoms with Gasteiger partial charge in [-0.3, -0.25) is 4.79 Å². The van der Waals surface area contributed by atoms with Gasteiger partial charge in [-0.2, -0.15) is 22.7 Å². The number of carbonyl (C=O) groups excluding carboxylic acids is 1. The minimum Gasteiger partial charge on any atom is -0.339 e. The average molecular weight is 415 g/mol. The van der Waals surface area contributed by atoms with Crippen molar-refractivity contribution in [2.75, 3.05) is 26.2 Å². The van der Waals surface area contributed by atoms with E-state index in [0.29, 0.717) is 12.8 Å². The van der Waals surface area contributed by atoms with Gasteiger partial charge >= 0.3 is 6.18 Å². The summed E-state index contributed by atoms with van der Waals surface area (Å²) in [5, 5.41) is 9.44. The van der Waals surface area contributed by atoms with E-state index >= 15 is 0 Å². The van der Waals surface area contributed by atoms with Crippen molar-refractivity contribution in [2.24, 2.45) is 5.41 Å². The quantitative estimate of drug-likeness (QED) is 0.760. The van der Waals surface area contributed by atoms with E-state index in [-0.39, 0.29) is 37.0 Å². The number of hydrogen-bond acceptors (Lipinski definition) is 4. The number of hydrogen-bond donors (Lipinski definition) is 0. The van der Waals surface area contributed by atoms with Crippen LogP contribution in [0.1, 0.15) is 31.2 Å². The molecule has 1 aliphatic heterocycles. The maximum absolute atomic E-state index is 12.7. The third-order valence-electron chi connectivity index (χ3n) is 5.43. The molecule has 1 saturated carbocycles. The molecule has 6 nitrogen and oxygen atoms in total. The summed E-state index contributed by atoms with van der Waals surface area (Å²) in [6, 6.07) is 5.51. The molecule has 1 aromatic carbocycles. The Labute approximate surface area is 161 Å². The minimum absolute atomic E-state index is 0.0383. The zero-order valence-electron chi connectivity index (χ0n) is 15.1. The van der Waals surface area contributed by atoms with Crippen LogP contribution < -0.4 is 0 Å². The Morgan fingerprint density at radius 3 is 2.04 bits per heavy atom. The zero-order valence-corrected chi connectivity index (χ0v) is 15.9. The molecule has 0 unspecified atom stereocenters. The number of nitriles is 1. The van der Waals surface area contributed by atoms with Crippen LogP contribution in [0.4, 0.5) is 13.2 Å². The fourth-order valence-electron chi connectivity index (χ4n) is 3.75. The number of halogens is 3. The molecule has 1 aromatic rings. The summed E-state index contributed by atoms with van der Waals surface area (Å²) in [6.45, 7) is 0.386. The molecule has 10 heteroatoms. The van der Waals surface area contributed by atoms with E-state index in [1.807, 2.05) is 0 Å². The fourth-order valence-corrected chi connectivity index (χ4v) is 5.17. The average Bonchev–Trinajstić information content (AvgIpc) is 3.17. The third kappa shape index (κ3) is 3.73. The minimum atomic E-state index is -4.54. The maximum atomic E-state index is 12.7. The van der Waals surface area contributed by atoms with E-state index in [0.717, 1.165) is 41.4 Å². The molecule has 2 fully saturated rings. The first-order valence-corrected chi connectivity index (χ1v) is 10.4. The third-order valence-corrected chi connectivity index (χ3v) is 7.34. The number of carbonyl (C=O) groups is 1. The van der Waals surface area contributed by atoms with Gasteiger partial charge in [0, 0.05) is 26.2 Å². The fraction of sp³-hybridized carbons (Fsp3) is 0.556. The van der Waals surface area contributed by atoms with Crippen molar-refractivity contribution in [3.05, 3.63) is 29.8 Å².